The lowest BCUT2D eigenvalue weighted by atomic mass is 10.1. The topological polar surface area (TPSA) is 133 Å². The van der Waals surface area contributed by atoms with Gasteiger partial charge in [0.1, 0.15) is 0 Å². The Morgan fingerprint density at radius 1 is 1.29 bits per heavy atom. The van der Waals surface area contributed by atoms with Crippen molar-refractivity contribution in [2.75, 3.05) is 5.75 Å². The molecule has 0 spiro atoms. The van der Waals surface area contributed by atoms with Gasteiger partial charge in [-0.25, -0.2) is 9.78 Å². The standard InChI is InChI=1S/C17H17N5O5S/c1-3-8-21-13-14(20(2)16(25)19-15(13)24)18-17(21)28-9-12(23)10-4-6-11(7-5-10)22(26)27/h4-7H,3,8-9H2,1-2H3,(H,19,24,25). The van der Waals surface area contributed by atoms with Crippen LogP contribution in [0, 0.1) is 10.1 Å². The van der Waals surface area contributed by atoms with E-state index in [-0.39, 0.29) is 28.4 Å². The lowest BCUT2D eigenvalue weighted by Gasteiger charge is -2.06. The number of aryl methyl sites for hydroxylation is 2. The summed E-state index contributed by atoms with van der Waals surface area (Å²) in [6.45, 7) is 2.45. The van der Waals surface area contributed by atoms with E-state index in [0.29, 0.717) is 17.3 Å². The minimum absolute atomic E-state index is 0.0384. The van der Waals surface area contributed by atoms with E-state index in [4.69, 9.17) is 0 Å². The number of hydrogen-bond donors (Lipinski definition) is 1. The lowest BCUT2D eigenvalue weighted by Crippen LogP contribution is -2.29. The number of carbonyl (C=O) groups is 1. The van der Waals surface area contributed by atoms with Crippen molar-refractivity contribution in [2.24, 2.45) is 7.05 Å². The molecule has 0 radical (unpaired) electrons. The molecule has 10 nitrogen and oxygen atoms in total. The Hall–Kier alpha value is -3.21. The summed E-state index contributed by atoms with van der Waals surface area (Å²) in [5, 5.41) is 11.2. The average Bonchev–Trinajstić information content (AvgIpc) is 3.03. The fourth-order valence-corrected chi connectivity index (χ4v) is 3.65. The molecule has 0 saturated carbocycles. The Bertz CT molecular complexity index is 1180. The first-order chi connectivity index (χ1) is 13.3. The number of benzene rings is 1. The largest absolute Gasteiger partial charge is 0.329 e. The summed E-state index contributed by atoms with van der Waals surface area (Å²) >= 11 is 1.15. The average molecular weight is 403 g/mol. The minimum atomic E-state index is -0.558. The number of nitro benzene ring substituents is 1. The van der Waals surface area contributed by atoms with Gasteiger partial charge < -0.3 is 4.57 Å². The van der Waals surface area contributed by atoms with Gasteiger partial charge in [0.25, 0.3) is 11.2 Å². The van der Waals surface area contributed by atoms with Crippen LogP contribution in [-0.4, -0.2) is 35.6 Å². The molecule has 0 saturated heterocycles. The molecule has 0 aliphatic heterocycles. The number of rotatable bonds is 7. The number of thioether (sulfide) groups is 1. The number of fused-ring (bicyclic) bond motifs is 1. The second kappa shape index (κ2) is 7.80. The molecule has 1 N–H and O–H groups in total. The maximum absolute atomic E-state index is 12.4. The van der Waals surface area contributed by atoms with Gasteiger partial charge >= 0.3 is 5.69 Å². The number of ketones is 1. The number of nitrogens with one attached hydrogen (secondary N) is 1. The third-order valence-corrected chi connectivity index (χ3v) is 5.13. The Balaban J connectivity index is 1.90. The predicted octanol–water partition coefficient (Wildman–Crippen LogP) is 1.72. The number of non-ortho nitro benzene ring substituents is 1. The second-order valence-electron chi connectivity index (χ2n) is 6.05. The number of H-pyrrole nitrogens is 1. The molecule has 11 heteroatoms. The first-order valence-corrected chi connectivity index (χ1v) is 9.42. The minimum Gasteiger partial charge on any atom is -0.313 e. The van der Waals surface area contributed by atoms with Gasteiger partial charge in [-0.1, -0.05) is 18.7 Å². The van der Waals surface area contributed by atoms with E-state index in [9.17, 15) is 24.5 Å². The van der Waals surface area contributed by atoms with E-state index in [1.165, 1.54) is 35.9 Å². The Morgan fingerprint density at radius 3 is 2.57 bits per heavy atom. The van der Waals surface area contributed by atoms with Crippen LogP contribution in [0.25, 0.3) is 11.2 Å². The van der Waals surface area contributed by atoms with Crippen LogP contribution in [-0.2, 0) is 13.6 Å². The van der Waals surface area contributed by atoms with E-state index in [1.54, 1.807) is 4.57 Å². The first-order valence-electron chi connectivity index (χ1n) is 8.43. The molecular weight excluding hydrogens is 386 g/mol. The summed E-state index contributed by atoms with van der Waals surface area (Å²) in [5.41, 5.74) is -0.276. The number of hydrogen-bond acceptors (Lipinski definition) is 7. The maximum atomic E-state index is 12.4. The third kappa shape index (κ3) is 3.60. The fourth-order valence-electron chi connectivity index (χ4n) is 2.74. The van der Waals surface area contributed by atoms with Crippen molar-refractivity contribution in [3.8, 4) is 0 Å². The summed E-state index contributed by atoms with van der Waals surface area (Å²) in [7, 11) is 1.51. The smallest absolute Gasteiger partial charge is 0.313 e. The molecule has 0 atom stereocenters. The number of Topliss-reactive ketones (excluding diaryl/α,β-unsaturated/α-hetero) is 1. The van der Waals surface area contributed by atoms with Gasteiger partial charge in [-0.05, 0) is 18.6 Å². The maximum Gasteiger partial charge on any atom is 0.329 e. The molecule has 0 fully saturated rings. The number of imidazole rings is 1. The lowest BCUT2D eigenvalue weighted by molar-refractivity contribution is -0.384. The highest BCUT2D eigenvalue weighted by molar-refractivity contribution is 7.99. The van der Waals surface area contributed by atoms with Crippen LogP contribution in [0.15, 0.2) is 39.0 Å². The zero-order valence-corrected chi connectivity index (χ0v) is 16.0. The first kappa shape index (κ1) is 19.5. The van der Waals surface area contributed by atoms with Gasteiger partial charge in [-0.3, -0.25) is 29.3 Å². The molecule has 2 heterocycles. The van der Waals surface area contributed by atoms with E-state index >= 15 is 0 Å². The van der Waals surface area contributed by atoms with E-state index in [1.807, 2.05) is 6.92 Å². The molecule has 3 rings (SSSR count). The van der Waals surface area contributed by atoms with Crippen molar-refractivity contribution < 1.29 is 9.72 Å². The Morgan fingerprint density at radius 2 is 1.96 bits per heavy atom. The van der Waals surface area contributed by atoms with Crippen LogP contribution < -0.4 is 11.2 Å². The summed E-state index contributed by atoms with van der Waals surface area (Å²) in [4.78, 5) is 53.3. The Kier molecular flexibility index (Phi) is 5.45. The van der Waals surface area contributed by atoms with Gasteiger partial charge in [0.2, 0.25) is 0 Å². The highest BCUT2D eigenvalue weighted by Crippen LogP contribution is 2.23. The number of carbonyl (C=O) groups excluding carboxylic acids is 1. The van der Waals surface area contributed by atoms with Crippen LogP contribution in [0.3, 0.4) is 0 Å². The van der Waals surface area contributed by atoms with Crippen molar-refractivity contribution in [3.05, 3.63) is 60.8 Å². The van der Waals surface area contributed by atoms with Crippen LogP contribution in [0.5, 0.6) is 0 Å². The normalized spacial score (nSPS) is 11.1. The van der Waals surface area contributed by atoms with E-state index < -0.39 is 16.2 Å². The molecule has 0 aliphatic rings. The van der Waals surface area contributed by atoms with Crippen molar-refractivity contribution >= 4 is 34.4 Å². The molecule has 28 heavy (non-hydrogen) atoms. The third-order valence-electron chi connectivity index (χ3n) is 4.15. The second-order valence-corrected chi connectivity index (χ2v) is 6.99. The van der Waals surface area contributed by atoms with Crippen LogP contribution in [0.2, 0.25) is 0 Å². The quantitative estimate of drug-likeness (QED) is 0.275. The Labute approximate surface area is 162 Å². The molecule has 3 aromatic rings. The molecule has 1 aromatic carbocycles. The van der Waals surface area contributed by atoms with Crippen LogP contribution in [0.1, 0.15) is 23.7 Å². The number of aromatic amines is 1. The predicted molar refractivity (Wildman–Crippen MR) is 104 cm³/mol. The zero-order valence-electron chi connectivity index (χ0n) is 15.2. The highest BCUT2D eigenvalue weighted by Gasteiger charge is 2.18. The number of nitrogens with zero attached hydrogens (tertiary/aromatic N) is 4. The highest BCUT2D eigenvalue weighted by atomic mass is 32.2. The van der Waals surface area contributed by atoms with Crippen LogP contribution >= 0.6 is 11.8 Å². The van der Waals surface area contributed by atoms with Crippen molar-refractivity contribution in [3.63, 3.8) is 0 Å². The summed E-state index contributed by atoms with van der Waals surface area (Å²) in [6.07, 6.45) is 0.734. The number of aromatic nitrogens is 4. The fraction of sp³-hybridized carbons (Fsp3) is 0.294. The van der Waals surface area contributed by atoms with Crippen LogP contribution in [0.4, 0.5) is 5.69 Å². The van der Waals surface area contributed by atoms with Gasteiger partial charge in [0.15, 0.2) is 22.1 Å². The molecule has 146 valence electrons. The molecule has 2 aromatic heterocycles. The molecular formula is C17H17N5O5S. The monoisotopic (exact) mass is 403 g/mol. The van der Waals surface area contributed by atoms with Crippen molar-refractivity contribution in [2.45, 2.75) is 25.0 Å². The molecule has 0 bridgehead atoms. The summed E-state index contributed by atoms with van der Waals surface area (Å²) in [6, 6.07) is 5.37. The summed E-state index contributed by atoms with van der Waals surface area (Å²) in [5.74, 6) is -0.186. The molecule has 0 unspecified atom stereocenters. The summed E-state index contributed by atoms with van der Waals surface area (Å²) < 4.78 is 2.95. The van der Waals surface area contributed by atoms with Crippen molar-refractivity contribution in [1.29, 1.82) is 0 Å². The number of nitro groups is 1. The molecule has 0 aliphatic carbocycles. The van der Waals surface area contributed by atoms with Gasteiger partial charge in [0, 0.05) is 31.3 Å². The van der Waals surface area contributed by atoms with Crippen molar-refractivity contribution in [1.82, 2.24) is 19.1 Å². The van der Waals surface area contributed by atoms with E-state index in [2.05, 4.69) is 9.97 Å². The molecule has 0 amide bonds. The van der Waals surface area contributed by atoms with Gasteiger partial charge in [-0.15, -0.1) is 0 Å². The SMILES string of the molecule is CCCn1c(SCC(=O)c2ccc([N+](=O)[O-])cc2)nc2c1c(=O)[nH]c(=O)n2C. The van der Waals surface area contributed by atoms with E-state index in [0.717, 1.165) is 18.2 Å². The van der Waals surface area contributed by atoms with Gasteiger partial charge in [0.05, 0.1) is 10.7 Å². The van der Waals surface area contributed by atoms with Gasteiger partial charge in [-0.2, -0.15) is 0 Å². The zero-order chi connectivity index (χ0) is 20.4.